The van der Waals surface area contributed by atoms with Crippen molar-refractivity contribution in [3.05, 3.63) is 93.5 Å². The van der Waals surface area contributed by atoms with Gasteiger partial charge in [-0.3, -0.25) is 14.9 Å². The molecule has 0 saturated carbocycles. The Labute approximate surface area is 196 Å². The number of rotatable bonds is 5. The largest absolute Gasteiger partial charge is 0.306 e. The highest BCUT2D eigenvalue weighted by atomic mass is 35.5. The average molecular weight is 475 g/mol. The fourth-order valence-corrected chi connectivity index (χ4v) is 3.60. The van der Waals surface area contributed by atoms with Crippen molar-refractivity contribution >= 4 is 40.0 Å². The van der Waals surface area contributed by atoms with Crippen LogP contribution in [-0.2, 0) is 0 Å². The summed E-state index contributed by atoms with van der Waals surface area (Å²) in [5.41, 5.74) is 1.90. The number of nitrogens with one attached hydrogen (secondary N) is 1. The Kier molecular flexibility index (Phi) is 5.22. The summed E-state index contributed by atoms with van der Waals surface area (Å²) in [7, 11) is 0. The number of non-ortho nitro benzene ring substituents is 1. The van der Waals surface area contributed by atoms with E-state index in [1.165, 1.54) is 35.3 Å². The predicted octanol–water partition coefficient (Wildman–Crippen LogP) is 4.12. The second-order valence-electron chi connectivity index (χ2n) is 7.31. The Balaban J connectivity index is 1.54. The fraction of sp³-hybridized carbons (Fsp3) is 0.0455. The minimum absolute atomic E-state index is 0.142. The molecule has 5 rings (SSSR count). The highest BCUT2D eigenvalue weighted by Gasteiger charge is 2.19. The number of aryl methyl sites for hydroxylation is 1. The molecular weight excluding hydrogens is 460 g/mol. The smallest absolute Gasteiger partial charge is 0.270 e. The van der Waals surface area contributed by atoms with Crippen LogP contribution in [0.25, 0.3) is 22.5 Å². The monoisotopic (exact) mass is 474 g/mol. The highest BCUT2D eigenvalue weighted by molar-refractivity contribution is 6.30. The quantitative estimate of drug-likeness (QED) is 0.299. The number of anilines is 1. The Bertz CT molecular complexity index is 1560. The molecule has 0 aliphatic rings. The van der Waals surface area contributed by atoms with Crippen molar-refractivity contribution in [2.75, 3.05) is 5.32 Å². The van der Waals surface area contributed by atoms with Crippen molar-refractivity contribution in [3.8, 4) is 11.5 Å². The molecule has 0 atom stereocenters. The molecule has 5 aromatic rings. The second-order valence-corrected chi connectivity index (χ2v) is 7.75. The van der Waals surface area contributed by atoms with Crippen molar-refractivity contribution in [2.24, 2.45) is 0 Å². The molecule has 3 heterocycles. The third-order valence-electron chi connectivity index (χ3n) is 5.01. The van der Waals surface area contributed by atoms with E-state index in [0.29, 0.717) is 33.4 Å². The molecule has 0 aliphatic heterocycles. The molecule has 0 fully saturated rings. The SMILES string of the molecule is Cc1cc(NC(=O)c2cccc([N+](=O)[O-])c2)n(-c2ncnc3c2cnn3-c2ccc(Cl)cc2)n1. The van der Waals surface area contributed by atoms with Gasteiger partial charge in [-0.05, 0) is 37.3 Å². The zero-order valence-electron chi connectivity index (χ0n) is 17.6. The Hall–Kier alpha value is -4.64. The lowest BCUT2D eigenvalue weighted by Gasteiger charge is -2.09. The van der Waals surface area contributed by atoms with Crippen LogP contribution in [0.2, 0.25) is 5.02 Å². The molecule has 1 N–H and O–H groups in total. The first-order valence-electron chi connectivity index (χ1n) is 9.98. The number of nitro groups is 1. The van der Waals surface area contributed by atoms with Crippen LogP contribution >= 0.6 is 11.6 Å². The van der Waals surface area contributed by atoms with Crippen molar-refractivity contribution < 1.29 is 9.72 Å². The number of hydrogen-bond acceptors (Lipinski definition) is 7. The molecule has 2 aromatic carbocycles. The van der Waals surface area contributed by atoms with E-state index in [-0.39, 0.29) is 11.3 Å². The lowest BCUT2D eigenvalue weighted by molar-refractivity contribution is -0.384. The molecule has 0 spiro atoms. The van der Waals surface area contributed by atoms with Crippen molar-refractivity contribution in [3.63, 3.8) is 0 Å². The summed E-state index contributed by atoms with van der Waals surface area (Å²) in [5, 5.41) is 23.9. The van der Waals surface area contributed by atoms with Crippen LogP contribution in [-0.4, -0.2) is 40.4 Å². The van der Waals surface area contributed by atoms with Crippen LogP contribution in [0.1, 0.15) is 16.1 Å². The Morgan fingerprint density at radius 1 is 1.09 bits per heavy atom. The summed E-state index contributed by atoms with van der Waals surface area (Å²) in [6, 6.07) is 14.3. The van der Waals surface area contributed by atoms with Crippen LogP contribution < -0.4 is 5.32 Å². The maximum absolute atomic E-state index is 12.8. The molecule has 168 valence electrons. The number of fused-ring (bicyclic) bond motifs is 1. The Morgan fingerprint density at radius 2 is 1.88 bits per heavy atom. The van der Waals surface area contributed by atoms with E-state index in [0.717, 1.165) is 5.69 Å². The van der Waals surface area contributed by atoms with Gasteiger partial charge < -0.3 is 5.32 Å². The van der Waals surface area contributed by atoms with Gasteiger partial charge in [-0.15, -0.1) is 0 Å². The van der Waals surface area contributed by atoms with E-state index in [1.807, 2.05) is 12.1 Å². The van der Waals surface area contributed by atoms with E-state index in [9.17, 15) is 14.9 Å². The van der Waals surface area contributed by atoms with Gasteiger partial charge in [0.25, 0.3) is 11.6 Å². The molecular formula is C22H15ClN8O3. The number of nitro benzene ring substituents is 1. The number of nitrogens with zero attached hydrogens (tertiary/aromatic N) is 7. The van der Waals surface area contributed by atoms with Crippen LogP contribution in [0.4, 0.5) is 11.5 Å². The minimum Gasteiger partial charge on any atom is -0.306 e. The zero-order chi connectivity index (χ0) is 23.8. The number of hydrogen-bond donors (Lipinski definition) is 1. The molecule has 34 heavy (non-hydrogen) atoms. The van der Waals surface area contributed by atoms with Gasteiger partial charge in [0, 0.05) is 28.8 Å². The molecule has 0 bridgehead atoms. The van der Waals surface area contributed by atoms with Gasteiger partial charge >= 0.3 is 0 Å². The van der Waals surface area contributed by atoms with Crippen LogP contribution in [0.5, 0.6) is 0 Å². The maximum atomic E-state index is 12.8. The second kappa shape index (κ2) is 8.37. The zero-order valence-corrected chi connectivity index (χ0v) is 18.3. The summed E-state index contributed by atoms with van der Waals surface area (Å²) in [4.78, 5) is 32.1. The lowest BCUT2D eigenvalue weighted by atomic mass is 10.2. The molecule has 11 nitrogen and oxygen atoms in total. The van der Waals surface area contributed by atoms with Gasteiger partial charge in [0.2, 0.25) is 0 Å². The van der Waals surface area contributed by atoms with E-state index < -0.39 is 10.8 Å². The molecule has 3 aromatic heterocycles. The van der Waals surface area contributed by atoms with E-state index in [2.05, 4.69) is 25.5 Å². The topological polar surface area (TPSA) is 134 Å². The van der Waals surface area contributed by atoms with Crippen molar-refractivity contribution in [2.45, 2.75) is 6.92 Å². The van der Waals surface area contributed by atoms with Gasteiger partial charge in [-0.25, -0.2) is 14.6 Å². The van der Waals surface area contributed by atoms with Crippen molar-refractivity contribution in [1.29, 1.82) is 0 Å². The third-order valence-corrected chi connectivity index (χ3v) is 5.26. The number of carbonyl (C=O) groups excluding carboxylic acids is 1. The summed E-state index contributed by atoms with van der Waals surface area (Å²) < 4.78 is 3.12. The summed E-state index contributed by atoms with van der Waals surface area (Å²) in [6.07, 6.45) is 3.00. The van der Waals surface area contributed by atoms with Crippen molar-refractivity contribution in [1.82, 2.24) is 29.5 Å². The number of halogens is 1. The lowest BCUT2D eigenvalue weighted by Crippen LogP contribution is -2.16. The van der Waals surface area contributed by atoms with Crippen LogP contribution in [0, 0.1) is 17.0 Å². The number of carbonyl (C=O) groups is 1. The summed E-state index contributed by atoms with van der Waals surface area (Å²) in [5.74, 6) is 0.230. The summed E-state index contributed by atoms with van der Waals surface area (Å²) >= 11 is 5.99. The van der Waals surface area contributed by atoms with Gasteiger partial charge in [-0.1, -0.05) is 17.7 Å². The maximum Gasteiger partial charge on any atom is 0.270 e. The van der Waals surface area contributed by atoms with Gasteiger partial charge in [0.15, 0.2) is 11.5 Å². The fourth-order valence-electron chi connectivity index (χ4n) is 3.47. The van der Waals surface area contributed by atoms with E-state index in [4.69, 9.17) is 11.6 Å². The van der Waals surface area contributed by atoms with Gasteiger partial charge in [0.05, 0.1) is 27.9 Å². The van der Waals surface area contributed by atoms with E-state index in [1.54, 1.807) is 36.0 Å². The normalized spacial score (nSPS) is 11.0. The molecule has 0 aliphatic carbocycles. The number of aromatic nitrogens is 6. The molecule has 0 unspecified atom stereocenters. The summed E-state index contributed by atoms with van der Waals surface area (Å²) in [6.45, 7) is 1.77. The average Bonchev–Trinajstić information content (AvgIpc) is 3.43. The predicted molar refractivity (Wildman–Crippen MR) is 125 cm³/mol. The number of benzene rings is 2. The first kappa shape index (κ1) is 21.2. The standard InChI is InChI=1S/C22H15ClN8O3/c1-13-9-19(27-22(32)14-3-2-4-17(10-14)31(33)34)30(28-13)21-18-11-26-29(20(18)24-12-25-21)16-7-5-15(23)6-8-16/h2-12H,1H3,(H,27,32). The first-order chi connectivity index (χ1) is 16.4. The highest BCUT2D eigenvalue weighted by Crippen LogP contribution is 2.25. The minimum atomic E-state index is -0.554. The number of amides is 1. The van der Waals surface area contributed by atoms with Crippen LogP contribution in [0.3, 0.4) is 0 Å². The van der Waals surface area contributed by atoms with E-state index >= 15 is 0 Å². The molecule has 0 radical (unpaired) electrons. The van der Waals surface area contributed by atoms with Gasteiger partial charge in [-0.2, -0.15) is 14.9 Å². The first-order valence-corrected chi connectivity index (χ1v) is 10.4. The molecule has 12 heteroatoms. The third kappa shape index (κ3) is 3.84. The van der Waals surface area contributed by atoms with Gasteiger partial charge in [0.1, 0.15) is 12.1 Å². The van der Waals surface area contributed by atoms with Crippen LogP contribution in [0.15, 0.2) is 67.1 Å². The Morgan fingerprint density at radius 3 is 2.65 bits per heavy atom. The molecule has 1 amide bonds. The molecule has 0 saturated heterocycles.